The third-order valence-electron chi connectivity index (χ3n) is 7.16. The minimum Gasteiger partial charge on any atom is -0.370 e. The van der Waals surface area contributed by atoms with Gasteiger partial charge >= 0.3 is 6.03 Å². The summed E-state index contributed by atoms with van der Waals surface area (Å²) in [5, 5.41) is 3.13. The number of hydrogen-bond acceptors (Lipinski definition) is 4. The van der Waals surface area contributed by atoms with E-state index in [-0.39, 0.29) is 6.03 Å². The topological polar surface area (TPSA) is 42.1 Å². The standard InChI is InChI=1S/C23H37N5O/c1-4-25-12-14-26(15-13-25)23(29)24-22-8-7-20(16-18(22)2)27-11-9-21(17-27)28-10-5-6-19(28)3/h7-8,16,19,21H,4-6,9-15,17H2,1-3H3,(H,24,29)/t19-,21+/m0/s1. The van der Waals surface area contributed by atoms with Gasteiger partial charge in [-0.3, -0.25) is 4.90 Å². The molecule has 0 aliphatic carbocycles. The first-order valence-corrected chi connectivity index (χ1v) is 11.4. The van der Waals surface area contributed by atoms with Crippen molar-refractivity contribution in [2.75, 3.05) is 62.6 Å². The molecular weight excluding hydrogens is 362 g/mol. The Morgan fingerprint density at radius 1 is 1.10 bits per heavy atom. The zero-order chi connectivity index (χ0) is 20.4. The first-order valence-electron chi connectivity index (χ1n) is 11.4. The second kappa shape index (κ2) is 8.92. The van der Waals surface area contributed by atoms with Gasteiger partial charge in [0, 0.05) is 62.7 Å². The van der Waals surface area contributed by atoms with Crippen molar-refractivity contribution < 1.29 is 4.79 Å². The van der Waals surface area contributed by atoms with Crippen LogP contribution in [0.1, 0.15) is 38.7 Å². The average Bonchev–Trinajstić information content (AvgIpc) is 3.38. The number of benzene rings is 1. The molecule has 0 spiro atoms. The highest BCUT2D eigenvalue weighted by Gasteiger charge is 2.33. The number of nitrogens with one attached hydrogen (secondary N) is 1. The molecule has 4 rings (SSSR count). The Kier molecular flexibility index (Phi) is 6.30. The Morgan fingerprint density at radius 3 is 2.55 bits per heavy atom. The van der Waals surface area contributed by atoms with Gasteiger partial charge in [-0.25, -0.2) is 4.79 Å². The fraction of sp³-hybridized carbons (Fsp3) is 0.696. The van der Waals surface area contributed by atoms with Gasteiger partial charge in [0.1, 0.15) is 0 Å². The molecule has 0 unspecified atom stereocenters. The van der Waals surface area contributed by atoms with E-state index in [9.17, 15) is 4.79 Å². The SMILES string of the molecule is CCN1CCN(C(=O)Nc2ccc(N3CC[C@@H](N4CCC[C@@H]4C)C3)cc2C)CC1. The van der Waals surface area contributed by atoms with Crippen molar-refractivity contribution in [2.45, 2.75) is 52.1 Å². The molecule has 0 saturated carbocycles. The van der Waals surface area contributed by atoms with Crippen LogP contribution in [0.5, 0.6) is 0 Å². The smallest absolute Gasteiger partial charge is 0.321 e. The summed E-state index contributed by atoms with van der Waals surface area (Å²) in [5.74, 6) is 0. The molecule has 3 fully saturated rings. The summed E-state index contributed by atoms with van der Waals surface area (Å²) in [6.07, 6.45) is 3.95. The molecule has 6 heteroatoms. The van der Waals surface area contributed by atoms with E-state index in [1.165, 1.54) is 31.5 Å². The molecule has 3 heterocycles. The van der Waals surface area contributed by atoms with E-state index in [0.717, 1.165) is 63.1 Å². The van der Waals surface area contributed by atoms with Crippen molar-refractivity contribution in [2.24, 2.45) is 0 Å². The first kappa shape index (κ1) is 20.5. The molecule has 3 saturated heterocycles. The van der Waals surface area contributed by atoms with Crippen molar-refractivity contribution >= 4 is 17.4 Å². The Morgan fingerprint density at radius 2 is 1.90 bits per heavy atom. The molecule has 6 nitrogen and oxygen atoms in total. The van der Waals surface area contributed by atoms with Crippen LogP contribution in [0.15, 0.2) is 18.2 Å². The van der Waals surface area contributed by atoms with Crippen molar-refractivity contribution in [3.8, 4) is 0 Å². The summed E-state index contributed by atoms with van der Waals surface area (Å²) < 4.78 is 0. The highest BCUT2D eigenvalue weighted by atomic mass is 16.2. The number of aryl methyl sites for hydroxylation is 1. The molecule has 0 radical (unpaired) electrons. The molecule has 3 aliphatic rings. The van der Waals surface area contributed by atoms with Crippen molar-refractivity contribution in [3.63, 3.8) is 0 Å². The lowest BCUT2D eigenvalue weighted by Crippen LogP contribution is -2.49. The lowest BCUT2D eigenvalue weighted by molar-refractivity contribution is 0.151. The summed E-state index contributed by atoms with van der Waals surface area (Å²) >= 11 is 0. The fourth-order valence-electron chi connectivity index (χ4n) is 5.19. The minimum absolute atomic E-state index is 0.0286. The third-order valence-corrected chi connectivity index (χ3v) is 7.16. The van der Waals surface area contributed by atoms with Gasteiger partial charge in [-0.1, -0.05) is 6.92 Å². The zero-order valence-electron chi connectivity index (χ0n) is 18.4. The highest BCUT2D eigenvalue weighted by Crippen LogP contribution is 2.30. The average molecular weight is 400 g/mol. The van der Waals surface area contributed by atoms with Gasteiger partial charge in [-0.05, 0) is 70.0 Å². The molecule has 1 aromatic carbocycles. The fourth-order valence-corrected chi connectivity index (χ4v) is 5.19. The monoisotopic (exact) mass is 399 g/mol. The Labute approximate surface area is 175 Å². The molecular formula is C23H37N5O. The predicted molar refractivity (Wildman–Crippen MR) is 120 cm³/mol. The minimum atomic E-state index is 0.0286. The second-order valence-electron chi connectivity index (χ2n) is 8.97. The number of amides is 2. The van der Waals surface area contributed by atoms with Crippen molar-refractivity contribution in [3.05, 3.63) is 23.8 Å². The molecule has 3 aliphatic heterocycles. The Balaban J connectivity index is 1.34. The van der Waals surface area contributed by atoms with E-state index in [2.05, 4.69) is 59.0 Å². The van der Waals surface area contributed by atoms with E-state index < -0.39 is 0 Å². The van der Waals surface area contributed by atoms with Crippen LogP contribution in [0.4, 0.5) is 16.2 Å². The molecule has 1 N–H and O–H groups in total. The second-order valence-corrected chi connectivity index (χ2v) is 8.97. The number of nitrogens with zero attached hydrogens (tertiary/aromatic N) is 4. The van der Waals surface area contributed by atoms with E-state index in [1.54, 1.807) is 0 Å². The molecule has 0 aromatic heterocycles. The van der Waals surface area contributed by atoms with Gasteiger partial charge in [0.2, 0.25) is 0 Å². The zero-order valence-corrected chi connectivity index (χ0v) is 18.4. The van der Waals surface area contributed by atoms with Gasteiger partial charge < -0.3 is 20.0 Å². The van der Waals surface area contributed by atoms with Crippen LogP contribution in [-0.2, 0) is 0 Å². The van der Waals surface area contributed by atoms with E-state index in [1.807, 2.05) is 4.90 Å². The largest absolute Gasteiger partial charge is 0.370 e. The first-order chi connectivity index (χ1) is 14.0. The van der Waals surface area contributed by atoms with Gasteiger partial charge in [-0.2, -0.15) is 0 Å². The summed E-state index contributed by atoms with van der Waals surface area (Å²) in [5.41, 5.74) is 3.35. The highest BCUT2D eigenvalue weighted by molar-refractivity contribution is 5.90. The molecule has 2 amide bonds. The van der Waals surface area contributed by atoms with Crippen molar-refractivity contribution in [1.82, 2.24) is 14.7 Å². The van der Waals surface area contributed by atoms with Crippen molar-refractivity contribution in [1.29, 1.82) is 0 Å². The summed E-state index contributed by atoms with van der Waals surface area (Å²) in [6.45, 7) is 14.8. The number of piperazine rings is 1. The van der Waals surface area contributed by atoms with Gasteiger partial charge in [0.15, 0.2) is 0 Å². The normalized spacial score (nSPS) is 26.3. The van der Waals surface area contributed by atoms with Gasteiger partial charge in [0.05, 0.1) is 0 Å². The summed E-state index contributed by atoms with van der Waals surface area (Å²) in [7, 11) is 0. The van der Waals surface area contributed by atoms with Gasteiger partial charge in [0.25, 0.3) is 0 Å². The molecule has 29 heavy (non-hydrogen) atoms. The van der Waals surface area contributed by atoms with Crippen LogP contribution in [-0.4, -0.2) is 85.2 Å². The maximum atomic E-state index is 12.7. The predicted octanol–water partition coefficient (Wildman–Crippen LogP) is 3.23. The van der Waals surface area contributed by atoms with Crippen LogP contribution in [0.3, 0.4) is 0 Å². The Hall–Kier alpha value is -1.79. The number of urea groups is 1. The van der Waals surface area contributed by atoms with E-state index >= 15 is 0 Å². The van der Waals surface area contributed by atoms with Gasteiger partial charge in [-0.15, -0.1) is 0 Å². The maximum absolute atomic E-state index is 12.7. The summed E-state index contributed by atoms with van der Waals surface area (Å²) in [6, 6.07) is 7.94. The lowest BCUT2D eigenvalue weighted by atomic mass is 10.1. The number of rotatable bonds is 4. The summed E-state index contributed by atoms with van der Waals surface area (Å²) in [4.78, 5) is 22.2. The lowest BCUT2D eigenvalue weighted by Gasteiger charge is -2.34. The third kappa shape index (κ3) is 4.53. The van der Waals surface area contributed by atoms with E-state index in [0.29, 0.717) is 6.04 Å². The molecule has 0 bridgehead atoms. The molecule has 160 valence electrons. The van der Waals surface area contributed by atoms with Crippen LogP contribution >= 0.6 is 0 Å². The van der Waals surface area contributed by atoms with Crippen LogP contribution < -0.4 is 10.2 Å². The van der Waals surface area contributed by atoms with Crippen LogP contribution in [0.25, 0.3) is 0 Å². The van der Waals surface area contributed by atoms with E-state index in [4.69, 9.17) is 0 Å². The maximum Gasteiger partial charge on any atom is 0.321 e. The molecule has 2 atom stereocenters. The van der Waals surface area contributed by atoms with Crippen LogP contribution in [0, 0.1) is 6.92 Å². The molecule has 1 aromatic rings. The van der Waals surface area contributed by atoms with Crippen LogP contribution in [0.2, 0.25) is 0 Å². The quantitative estimate of drug-likeness (QED) is 0.844. The number of anilines is 2. The number of carbonyl (C=O) groups is 1. The number of hydrogen-bond donors (Lipinski definition) is 1. The Bertz CT molecular complexity index is 715. The number of likely N-dealkylation sites (N-methyl/N-ethyl adjacent to an activating group) is 1. The number of carbonyl (C=O) groups excluding carboxylic acids is 1. The number of likely N-dealkylation sites (tertiary alicyclic amines) is 1.